The van der Waals surface area contributed by atoms with E-state index in [1.165, 1.54) is 4.57 Å². The number of nitrogens with zero attached hydrogens (tertiary/aromatic N) is 1. The van der Waals surface area contributed by atoms with E-state index in [1.807, 2.05) is 0 Å². The summed E-state index contributed by atoms with van der Waals surface area (Å²) in [6.45, 7) is 0. The van der Waals surface area contributed by atoms with Gasteiger partial charge in [-0.2, -0.15) is 0 Å². The van der Waals surface area contributed by atoms with Crippen molar-refractivity contribution in [2.45, 2.75) is 0 Å². The summed E-state index contributed by atoms with van der Waals surface area (Å²) in [7, 11) is 0. The molecule has 4 heteroatoms. The van der Waals surface area contributed by atoms with Crippen LogP contribution in [-0.2, 0) is 0 Å². The zero-order valence-electron chi connectivity index (χ0n) is 5.00. The summed E-state index contributed by atoms with van der Waals surface area (Å²) in [5.74, 6) is 0. The van der Waals surface area contributed by atoms with Gasteiger partial charge in [0.05, 0.1) is 5.69 Å². The largest absolute Gasteiger partial charge is 0.331 e. The van der Waals surface area contributed by atoms with Gasteiger partial charge in [0.25, 0.3) is 0 Å². The quantitative estimate of drug-likeness (QED) is 0.556. The predicted octanol–water partition coefficient (Wildman–Crippen LogP) is 0.735. The highest BCUT2D eigenvalue weighted by atomic mass is 32.1. The Bertz CT molecular complexity index is 287. The van der Waals surface area contributed by atoms with Crippen molar-refractivity contribution in [3.63, 3.8) is 0 Å². The fourth-order valence-corrected chi connectivity index (χ4v) is 1.22. The van der Waals surface area contributed by atoms with E-state index in [0.29, 0.717) is 4.99 Å². The van der Waals surface area contributed by atoms with Gasteiger partial charge in [-0.25, -0.2) is 4.79 Å². The lowest BCUT2D eigenvalue weighted by molar-refractivity contribution is 0.248. The number of carbonyl (C=O) groups is 1. The van der Waals surface area contributed by atoms with E-state index < -0.39 is 0 Å². The third-order valence-electron chi connectivity index (χ3n) is 1.42. The Hall–Kier alpha value is -1.16. The van der Waals surface area contributed by atoms with Crippen LogP contribution in [0.1, 0.15) is 5.69 Å². The number of hydrogen-bond acceptors (Lipinski definition) is 2. The third-order valence-corrected chi connectivity index (χ3v) is 1.73. The SMILES string of the molecule is O=C1NC(=S)c2cccn21. The molecule has 0 bridgehead atoms. The molecule has 1 amide bonds. The van der Waals surface area contributed by atoms with Crippen LogP contribution in [0.25, 0.3) is 0 Å². The van der Waals surface area contributed by atoms with Gasteiger partial charge in [-0.3, -0.25) is 9.88 Å². The molecule has 50 valence electrons. The first-order valence-corrected chi connectivity index (χ1v) is 3.23. The van der Waals surface area contributed by atoms with E-state index >= 15 is 0 Å². The average molecular weight is 152 g/mol. The van der Waals surface area contributed by atoms with Crippen molar-refractivity contribution >= 4 is 23.2 Å². The summed E-state index contributed by atoms with van der Waals surface area (Å²) in [5.41, 5.74) is 0.778. The lowest BCUT2D eigenvalue weighted by Crippen LogP contribution is -2.21. The molecule has 0 spiro atoms. The van der Waals surface area contributed by atoms with Crippen LogP contribution in [0.15, 0.2) is 18.3 Å². The molecule has 1 aliphatic rings. The second-order valence-electron chi connectivity index (χ2n) is 2.02. The van der Waals surface area contributed by atoms with Crippen LogP contribution in [0.4, 0.5) is 4.79 Å². The zero-order valence-corrected chi connectivity index (χ0v) is 5.81. The molecule has 2 heterocycles. The minimum absolute atomic E-state index is 0.162. The van der Waals surface area contributed by atoms with E-state index in [-0.39, 0.29) is 6.03 Å². The van der Waals surface area contributed by atoms with Gasteiger partial charge in [0, 0.05) is 6.20 Å². The fraction of sp³-hybridized carbons (Fsp3) is 0. The summed E-state index contributed by atoms with van der Waals surface area (Å²) < 4.78 is 1.49. The van der Waals surface area contributed by atoms with Crippen LogP contribution in [0.2, 0.25) is 0 Å². The predicted molar refractivity (Wildman–Crippen MR) is 40.1 cm³/mol. The summed E-state index contributed by atoms with van der Waals surface area (Å²) in [6.07, 6.45) is 1.68. The van der Waals surface area contributed by atoms with Crippen LogP contribution >= 0.6 is 12.2 Å². The van der Waals surface area contributed by atoms with E-state index in [2.05, 4.69) is 5.32 Å². The Morgan fingerprint density at radius 2 is 2.40 bits per heavy atom. The van der Waals surface area contributed by atoms with Gasteiger partial charge in [0.15, 0.2) is 0 Å². The lowest BCUT2D eigenvalue weighted by atomic mass is 10.4. The van der Waals surface area contributed by atoms with Gasteiger partial charge < -0.3 is 0 Å². The molecule has 1 aromatic rings. The maximum Gasteiger partial charge on any atom is 0.331 e. The Morgan fingerprint density at radius 3 is 3.10 bits per heavy atom. The number of fused-ring (bicyclic) bond motifs is 1. The monoisotopic (exact) mass is 152 g/mol. The molecule has 1 aliphatic heterocycles. The van der Waals surface area contributed by atoms with Crippen molar-refractivity contribution in [1.82, 2.24) is 9.88 Å². The molecule has 0 unspecified atom stereocenters. The number of nitrogens with one attached hydrogen (secondary N) is 1. The molecule has 0 saturated heterocycles. The van der Waals surface area contributed by atoms with E-state index in [1.54, 1.807) is 18.3 Å². The van der Waals surface area contributed by atoms with E-state index in [9.17, 15) is 4.79 Å². The average Bonchev–Trinajstić information content (AvgIpc) is 2.39. The van der Waals surface area contributed by atoms with Crippen LogP contribution in [0.3, 0.4) is 0 Å². The third kappa shape index (κ3) is 0.537. The zero-order chi connectivity index (χ0) is 7.14. The van der Waals surface area contributed by atoms with Crippen molar-refractivity contribution in [1.29, 1.82) is 0 Å². The van der Waals surface area contributed by atoms with Gasteiger partial charge >= 0.3 is 6.03 Å². The number of carbonyl (C=O) groups excluding carboxylic acids is 1. The summed E-state index contributed by atoms with van der Waals surface area (Å²) in [6, 6.07) is 3.44. The molecule has 0 aromatic carbocycles. The van der Waals surface area contributed by atoms with Crippen LogP contribution in [-0.4, -0.2) is 15.6 Å². The highest BCUT2D eigenvalue weighted by molar-refractivity contribution is 7.80. The van der Waals surface area contributed by atoms with Crippen LogP contribution in [0, 0.1) is 0 Å². The number of aromatic nitrogens is 1. The first-order valence-electron chi connectivity index (χ1n) is 2.82. The fourth-order valence-electron chi connectivity index (χ4n) is 0.964. The van der Waals surface area contributed by atoms with Crippen LogP contribution in [0.5, 0.6) is 0 Å². The van der Waals surface area contributed by atoms with E-state index in [4.69, 9.17) is 12.2 Å². The molecular formula is C6H4N2OS. The minimum Gasteiger partial charge on any atom is -0.296 e. The molecular weight excluding hydrogens is 148 g/mol. The summed E-state index contributed by atoms with van der Waals surface area (Å²) in [4.78, 5) is 11.4. The number of thiocarbonyl (C=S) groups is 1. The Kier molecular flexibility index (Phi) is 0.935. The first kappa shape index (κ1) is 5.61. The van der Waals surface area contributed by atoms with Crippen molar-refractivity contribution in [2.75, 3.05) is 0 Å². The topological polar surface area (TPSA) is 34.0 Å². The molecule has 0 atom stereocenters. The lowest BCUT2D eigenvalue weighted by Gasteiger charge is -1.87. The summed E-state index contributed by atoms with van der Waals surface area (Å²) in [5, 5.41) is 2.52. The first-order chi connectivity index (χ1) is 4.79. The molecule has 1 N–H and O–H groups in total. The Morgan fingerprint density at radius 1 is 1.60 bits per heavy atom. The molecule has 0 aliphatic carbocycles. The van der Waals surface area contributed by atoms with Crippen molar-refractivity contribution in [3.05, 3.63) is 24.0 Å². The normalized spacial score (nSPS) is 15.2. The Balaban J connectivity index is 2.69. The molecule has 1 aromatic heterocycles. The maximum atomic E-state index is 10.9. The highest BCUT2D eigenvalue weighted by Crippen LogP contribution is 2.08. The van der Waals surface area contributed by atoms with Crippen molar-refractivity contribution in [3.8, 4) is 0 Å². The van der Waals surface area contributed by atoms with E-state index in [0.717, 1.165) is 5.69 Å². The molecule has 3 nitrogen and oxygen atoms in total. The number of hydrogen-bond donors (Lipinski definition) is 1. The smallest absolute Gasteiger partial charge is 0.296 e. The van der Waals surface area contributed by atoms with Gasteiger partial charge in [0.2, 0.25) is 0 Å². The molecule has 0 saturated carbocycles. The molecule has 10 heavy (non-hydrogen) atoms. The van der Waals surface area contributed by atoms with Crippen molar-refractivity contribution < 1.29 is 4.79 Å². The highest BCUT2D eigenvalue weighted by Gasteiger charge is 2.20. The van der Waals surface area contributed by atoms with Crippen LogP contribution < -0.4 is 5.32 Å². The number of rotatable bonds is 0. The second-order valence-corrected chi connectivity index (χ2v) is 2.43. The van der Waals surface area contributed by atoms with Gasteiger partial charge in [0.1, 0.15) is 4.99 Å². The second kappa shape index (κ2) is 1.67. The minimum atomic E-state index is -0.162. The maximum absolute atomic E-state index is 10.9. The molecule has 2 rings (SSSR count). The standard InChI is InChI=1S/C6H4N2OS/c9-6-7-5(10)4-2-1-3-8(4)6/h1-3H,(H,7,9,10). The van der Waals surface area contributed by atoms with Crippen molar-refractivity contribution in [2.24, 2.45) is 0 Å². The molecule has 0 fully saturated rings. The number of amides is 1. The Labute approximate surface area is 62.6 Å². The molecule has 0 radical (unpaired) electrons. The van der Waals surface area contributed by atoms with Gasteiger partial charge in [-0.1, -0.05) is 12.2 Å². The van der Waals surface area contributed by atoms with Gasteiger partial charge in [-0.15, -0.1) is 0 Å². The summed E-state index contributed by atoms with van der Waals surface area (Å²) >= 11 is 4.85. The van der Waals surface area contributed by atoms with Gasteiger partial charge in [-0.05, 0) is 12.1 Å².